The molecule has 0 atom stereocenters. The van der Waals surface area contributed by atoms with Crippen molar-refractivity contribution in [2.75, 3.05) is 45.3 Å². The predicted molar refractivity (Wildman–Crippen MR) is 107 cm³/mol. The molecule has 1 saturated heterocycles. The van der Waals surface area contributed by atoms with Crippen LogP contribution >= 0.6 is 0 Å². The summed E-state index contributed by atoms with van der Waals surface area (Å²) >= 11 is 0. The number of amides is 1. The van der Waals surface area contributed by atoms with Crippen molar-refractivity contribution in [3.8, 4) is 11.5 Å². The summed E-state index contributed by atoms with van der Waals surface area (Å²) in [5.41, 5.74) is 1.04. The lowest BCUT2D eigenvalue weighted by Gasteiger charge is -2.24. The molecule has 0 bridgehead atoms. The highest BCUT2D eigenvalue weighted by Gasteiger charge is 2.26. The van der Waals surface area contributed by atoms with Crippen LogP contribution in [0.2, 0.25) is 0 Å². The highest BCUT2D eigenvalue weighted by Crippen LogP contribution is 2.30. The lowest BCUT2D eigenvalue weighted by Crippen LogP contribution is -2.35. The highest BCUT2D eigenvalue weighted by molar-refractivity contribution is 5.99. The molecule has 1 aliphatic heterocycles. The lowest BCUT2D eigenvalue weighted by atomic mass is 10.1. The number of methoxy groups -OCH3 is 2. The molecule has 2 aromatic rings. The molecule has 1 aromatic heterocycles. The maximum absolute atomic E-state index is 13.2. The number of ether oxygens (including phenoxy) is 2. The van der Waals surface area contributed by atoms with Gasteiger partial charge in [-0.3, -0.25) is 9.59 Å². The van der Waals surface area contributed by atoms with Gasteiger partial charge in [0.2, 0.25) is 0 Å². The number of carbonyl (C=O) groups excluding carboxylic acids is 2. The minimum Gasteiger partial charge on any atom is -0.496 e. The van der Waals surface area contributed by atoms with E-state index in [9.17, 15) is 9.59 Å². The van der Waals surface area contributed by atoms with Crippen molar-refractivity contribution < 1.29 is 19.1 Å². The fourth-order valence-electron chi connectivity index (χ4n) is 3.35. The molecule has 3 rings (SSSR count). The molecule has 28 heavy (non-hydrogen) atoms. The first kappa shape index (κ1) is 19.7. The molecule has 7 nitrogen and oxygen atoms in total. The summed E-state index contributed by atoms with van der Waals surface area (Å²) in [6.07, 6.45) is 2.42. The van der Waals surface area contributed by atoms with Crippen molar-refractivity contribution in [3.05, 3.63) is 47.7 Å². The average molecular weight is 383 g/mol. The molecule has 0 N–H and O–H groups in total. The zero-order valence-corrected chi connectivity index (χ0v) is 16.5. The summed E-state index contributed by atoms with van der Waals surface area (Å²) in [4.78, 5) is 33.0. The lowest BCUT2D eigenvalue weighted by molar-refractivity contribution is 0.0759. The van der Waals surface area contributed by atoms with Crippen LogP contribution in [-0.2, 0) is 0 Å². The number of ketones is 1. The third-order valence-corrected chi connectivity index (χ3v) is 4.90. The summed E-state index contributed by atoms with van der Waals surface area (Å²) in [6.45, 7) is 4.19. The number of hydrogen-bond acceptors (Lipinski definition) is 6. The smallest absolute Gasteiger partial charge is 0.261 e. The van der Waals surface area contributed by atoms with Crippen LogP contribution in [0.4, 0.5) is 5.82 Å². The molecule has 0 spiro atoms. The normalized spacial score (nSPS) is 14.4. The van der Waals surface area contributed by atoms with Crippen molar-refractivity contribution in [2.45, 2.75) is 13.3 Å². The molecule has 7 heteroatoms. The van der Waals surface area contributed by atoms with Gasteiger partial charge in [0, 0.05) is 37.9 Å². The number of benzene rings is 1. The minimum atomic E-state index is -0.101. The van der Waals surface area contributed by atoms with Gasteiger partial charge in [-0.1, -0.05) is 6.07 Å². The molecular formula is C21H25N3O4. The number of aromatic nitrogens is 1. The summed E-state index contributed by atoms with van der Waals surface area (Å²) in [6, 6.07) is 8.98. The predicted octanol–water partition coefficient (Wildman–Crippen LogP) is 2.65. The zero-order chi connectivity index (χ0) is 20.1. The van der Waals surface area contributed by atoms with Crippen LogP contribution in [0.25, 0.3) is 0 Å². The number of nitrogens with zero attached hydrogens (tertiary/aromatic N) is 3. The number of rotatable bonds is 5. The van der Waals surface area contributed by atoms with Crippen LogP contribution in [0.5, 0.6) is 11.5 Å². The first-order valence-corrected chi connectivity index (χ1v) is 9.27. The maximum Gasteiger partial charge on any atom is 0.261 e. The topological polar surface area (TPSA) is 72.0 Å². The Kier molecular flexibility index (Phi) is 6.13. The molecular weight excluding hydrogens is 358 g/mol. The van der Waals surface area contributed by atoms with E-state index in [2.05, 4.69) is 9.88 Å². The second-order valence-corrected chi connectivity index (χ2v) is 6.63. The Morgan fingerprint density at radius 2 is 1.68 bits per heavy atom. The zero-order valence-electron chi connectivity index (χ0n) is 16.5. The standard InChI is InChI=1S/C21H25N3O4/c1-15(25)16-8-9-19(22-14-16)23-10-5-11-24(13-12-23)21(26)20-17(27-2)6-4-7-18(20)28-3/h4,6-9,14H,5,10-13H2,1-3H3. The second-order valence-electron chi connectivity index (χ2n) is 6.63. The Balaban J connectivity index is 1.75. The Morgan fingerprint density at radius 1 is 0.964 bits per heavy atom. The van der Waals surface area contributed by atoms with Crippen LogP contribution in [0, 0.1) is 0 Å². The van der Waals surface area contributed by atoms with Crippen molar-refractivity contribution in [3.63, 3.8) is 0 Å². The van der Waals surface area contributed by atoms with E-state index in [4.69, 9.17) is 9.47 Å². The Labute approximate surface area is 164 Å². The monoisotopic (exact) mass is 383 g/mol. The van der Waals surface area contributed by atoms with Crippen LogP contribution in [0.1, 0.15) is 34.1 Å². The maximum atomic E-state index is 13.2. The SMILES string of the molecule is COc1cccc(OC)c1C(=O)N1CCCN(c2ccc(C(C)=O)cn2)CC1. The summed E-state index contributed by atoms with van der Waals surface area (Å²) in [5.74, 6) is 1.72. The summed E-state index contributed by atoms with van der Waals surface area (Å²) in [7, 11) is 3.10. The third-order valence-electron chi connectivity index (χ3n) is 4.90. The number of Topliss-reactive ketones (excluding diaryl/α,β-unsaturated/α-hetero) is 1. The molecule has 1 amide bonds. The van der Waals surface area contributed by atoms with Crippen LogP contribution in [-0.4, -0.2) is 62.0 Å². The molecule has 0 aliphatic carbocycles. The molecule has 1 aliphatic rings. The van der Waals surface area contributed by atoms with Crippen LogP contribution in [0.15, 0.2) is 36.5 Å². The van der Waals surface area contributed by atoms with Gasteiger partial charge in [-0.2, -0.15) is 0 Å². The van der Waals surface area contributed by atoms with Gasteiger partial charge in [-0.05, 0) is 37.6 Å². The van der Waals surface area contributed by atoms with Gasteiger partial charge in [0.15, 0.2) is 5.78 Å². The van der Waals surface area contributed by atoms with Crippen molar-refractivity contribution in [2.24, 2.45) is 0 Å². The second kappa shape index (κ2) is 8.73. The van der Waals surface area contributed by atoms with E-state index in [0.29, 0.717) is 42.3 Å². The van der Waals surface area contributed by atoms with Crippen LogP contribution < -0.4 is 14.4 Å². The van der Waals surface area contributed by atoms with Crippen molar-refractivity contribution >= 4 is 17.5 Å². The molecule has 1 fully saturated rings. The van der Waals surface area contributed by atoms with Gasteiger partial charge in [0.05, 0.1) is 14.2 Å². The number of carbonyl (C=O) groups is 2. The summed E-state index contributed by atoms with van der Waals surface area (Å²) < 4.78 is 10.8. The first-order valence-electron chi connectivity index (χ1n) is 9.27. The Bertz CT molecular complexity index is 829. The third kappa shape index (κ3) is 4.08. The fraction of sp³-hybridized carbons (Fsp3) is 0.381. The molecule has 0 saturated carbocycles. The van der Waals surface area contributed by atoms with Gasteiger partial charge >= 0.3 is 0 Å². The number of anilines is 1. The molecule has 1 aromatic carbocycles. The van der Waals surface area contributed by atoms with Crippen LogP contribution in [0.3, 0.4) is 0 Å². The van der Waals surface area contributed by atoms with E-state index in [1.807, 2.05) is 11.0 Å². The fourth-order valence-corrected chi connectivity index (χ4v) is 3.35. The largest absolute Gasteiger partial charge is 0.496 e. The van der Waals surface area contributed by atoms with E-state index in [1.54, 1.807) is 44.7 Å². The number of hydrogen-bond donors (Lipinski definition) is 0. The van der Waals surface area contributed by atoms with Gasteiger partial charge in [-0.15, -0.1) is 0 Å². The quantitative estimate of drug-likeness (QED) is 0.739. The van der Waals surface area contributed by atoms with Gasteiger partial charge < -0.3 is 19.3 Å². The summed E-state index contributed by atoms with van der Waals surface area (Å²) in [5, 5.41) is 0. The highest BCUT2D eigenvalue weighted by atomic mass is 16.5. The average Bonchev–Trinajstić information content (AvgIpc) is 2.99. The van der Waals surface area contributed by atoms with E-state index in [1.165, 1.54) is 6.92 Å². The van der Waals surface area contributed by atoms with Gasteiger partial charge in [-0.25, -0.2) is 4.98 Å². The Morgan fingerprint density at radius 3 is 2.25 bits per heavy atom. The van der Waals surface area contributed by atoms with E-state index in [0.717, 1.165) is 18.8 Å². The van der Waals surface area contributed by atoms with E-state index >= 15 is 0 Å². The van der Waals surface area contributed by atoms with Crippen molar-refractivity contribution in [1.29, 1.82) is 0 Å². The Hall–Kier alpha value is -3.09. The van der Waals surface area contributed by atoms with Crippen molar-refractivity contribution in [1.82, 2.24) is 9.88 Å². The molecule has 2 heterocycles. The number of pyridine rings is 1. The van der Waals surface area contributed by atoms with E-state index < -0.39 is 0 Å². The molecule has 0 radical (unpaired) electrons. The molecule has 0 unspecified atom stereocenters. The first-order chi connectivity index (χ1) is 13.5. The van der Waals surface area contributed by atoms with Gasteiger partial charge in [0.1, 0.15) is 22.9 Å². The molecule has 148 valence electrons. The van der Waals surface area contributed by atoms with Gasteiger partial charge in [0.25, 0.3) is 5.91 Å². The minimum absolute atomic E-state index is 0.00237. The van der Waals surface area contributed by atoms with E-state index in [-0.39, 0.29) is 11.7 Å².